The van der Waals surface area contributed by atoms with E-state index in [2.05, 4.69) is 101 Å². The minimum absolute atomic E-state index is 0.177. The molecule has 0 unspecified atom stereocenters. The molecule has 1 aromatic rings. The van der Waals surface area contributed by atoms with E-state index in [0.717, 1.165) is 6.42 Å². The van der Waals surface area contributed by atoms with Crippen LogP contribution in [0.4, 0.5) is 5.69 Å². The molecule has 1 saturated carbocycles. The predicted octanol–water partition coefficient (Wildman–Crippen LogP) is 9.03. The molecule has 185 valence electrons. The van der Waals surface area contributed by atoms with Crippen LogP contribution in [0.3, 0.4) is 0 Å². The maximum absolute atomic E-state index is 3.44. The van der Waals surface area contributed by atoms with Crippen LogP contribution in [0.1, 0.15) is 129 Å². The van der Waals surface area contributed by atoms with Crippen molar-refractivity contribution in [3.8, 4) is 0 Å². The molecule has 1 spiro atoms. The van der Waals surface area contributed by atoms with E-state index in [-0.39, 0.29) is 5.54 Å². The Morgan fingerprint density at radius 1 is 0.909 bits per heavy atom. The van der Waals surface area contributed by atoms with Gasteiger partial charge in [0, 0.05) is 0 Å². The van der Waals surface area contributed by atoms with E-state index in [1.807, 2.05) is 6.08 Å². The standard InChI is InChI=1S/C23H35N.C8H11.Rh/c1-17(2)19-11-10-12-20(18(3)4)21(19)24-16-23(15-22(24,5)6)13-8-7-9-14-23;1-2-4-6-8-7-5-3-1;/h10-12,17-18H,7-9,13-15H2,1-6H3;1-3H,4,6-8H2;/q;-1;. The maximum atomic E-state index is 3.44. The summed E-state index contributed by atoms with van der Waals surface area (Å²) in [4.78, 5) is 2.72. The molecule has 1 nitrogen and oxygen atoms in total. The Hall–Kier alpha value is -1.01. The van der Waals surface area contributed by atoms with Crippen molar-refractivity contribution >= 4 is 9.92 Å². The van der Waals surface area contributed by atoms with Crippen LogP contribution in [0.15, 0.2) is 36.4 Å². The number of allylic oxidation sites excluding steroid dienone is 4. The molecule has 0 bridgehead atoms. The van der Waals surface area contributed by atoms with E-state index in [9.17, 15) is 0 Å². The molecule has 2 fully saturated rings. The first-order chi connectivity index (χ1) is 15.7. The summed E-state index contributed by atoms with van der Waals surface area (Å²) in [7, 11) is 0. The first kappa shape index (κ1) is 26.6. The second-order valence-corrected chi connectivity index (χ2v) is 12.4. The molecule has 1 aliphatic heterocycles. The molecule has 0 atom stereocenters. The zero-order valence-electron chi connectivity index (χ0n) is 22.0. The molecule has 33 heavy (non-hydrogen) atoms. The third-order valence-corrected chi connectivity index (χ3v) is 8.88. The Balaban J connectivity index is 0.000000323. The Labute approximate surface area is 214 Å². The van der Waals surface area contributed by atoms with Crippen LogP contribution in [-0.2, 0) is 17.9 Å². The van der Waals surface area contributed by atoms with Gasteiger partial charge in [-0.3, -0.25) is 6.08 Å². The van der Waals surface area contributed by atoms with Crippen molar-refractivity contribution in [3.05, 3.63) is 53.6 Å². The van der Waals surface area contributed by atoms with Crippen LogP contribution in [0.2, 0.25) is 0 Å². The van der Waals surface area contributed by atoms with E-state index >= 15 is 0 Å². The number of anilines is 1. The van der Waals surface area contributed by atoms with Crippen LogP contribution in [0, 0.1) is 11.5 Å². The van der Waals surface area contributed by atoms with Gasteiger partial charge in [0.2, 0.25) is 0 Å². The number of hydrogen-bond acceptors (Lipinski definition) is 1. The van der Waals surface area contributed by atoms with Crippen molar-refractivity contribution in [1.29, 1.82) is 0 Å². The molecule has 0 aromatic heterocycles. The van der Waals surface area contributed by atoms with Crippen LogP contribution < -0.4 is 4.90 Å². The van der Waals surface area contributed by atoms with Gasteiger partial charge in [-0.05, 0) is 0 Å². The molecule has 4 rings (SSSR count). The summed E-state index contributed by atoms with van der Waals surface area (Å²) in [5.74, 6) is 1.09. The fourth-order valence-corrected chi connectivity index (χ4v) is 7.27. The molecule has 2 heteroatoms. The van der Waals surface area contributed by atoms with Gasteiger partial charge in [0.25, 0.3) is 0 Å². The molecule has 1 saturated heterocycles. The molecule has 3 aliphatic rings. The number of nitrogens with zero attached hydrogens (tertiary/aromatic N) is 1. The summed E-state index contributed by atoms with van der Waals surface area (Å²) in [6, 6.07) is 6.96. The number of para-hydroxylation sites is 1. The minimum atomic E-state index is 0.177. The minimum Gasteiger partial charge on any atom is -0.275 e. The normalized spacial score (nSPS) is 21.8. The summed E-state index contributed by atoms with van der Waals surface area (Å²) >= 11 is 3.44. The van der Waals surface area contributed by atoms with Crippen molar-refractivity contribution in [2.75, 3.05) is 4.90 Å². The van der Waals surface area contributed by atoms with Gasteiger partial charge in [-0.1, -0.05) is 19.3 Å². The molecule has 2 aliphatic carbocycles. The van der Waals surface area contributed by atoms with Gasteiger partial charge in [-0.2, -0.15) is 6.08 Å². The fraction of sp³-hybridized carbons (Fsp3) is 0.645. The first-order valence-corrected chi connectivity index (χ1v) is 14.2. The molecule has 0 N–H and O–H groups in total. The first-order valence-electron chi connectivity index (χ1n) is 13.3. The number of benzene rings is 1. The van der Waals surface area contributed by atoms with E-state index in [1.165, 1.54) is 78.8 Å². The van der Waals surface area contributed by atoms with E-state index in [1.54, 1.807) is 0 Å². The SMILES string of the molecule is CC(C)c1cccc(C(C)C)c1N1[C](=[Rh])C2(CCCCC2)CC1(C)C.[C-]1=CC=CCCCC1. The van der Waals surface area contributed by atoms with Crippen molar-refractivity contribution in [1.82, 2.24) is 0 Å². The van der Waals surface area contributed by atoms with Crippen molar-refractivity contribution in [3.63, 3.8) is 0 Å². The smallest absolute Gasteiger partial charge is 0.0513 e. The molecular weight excluding hydrogens is 489 g/mol. The monoisotopic (exact) mass is 535 g/mol. The second-order valence-electron chi connectivity index (χ2n) is 11.6. The maximum Gasteiger partial charge on any atom is -0.0513 e. The van der Waals surface area contributed by atoms with Gasteiger partial charge in [-0.15, -0.1) is 6.42 Å². The molecule has 0 radical (unpaired) electrons. The average Bonchev–Trinajstić information content (AvgIpc) is 2.92. The predicted molar refractivity (Wildman–Crippen MR) is 142 cm³/mol. The van der Waals surface area contributed by atoms with Crippen molar-refractivity contribution in [2.24, 2.45) is 5.41 Å². The van der Waals surface area contributed by atoms with Crippen molar-refractivity contribution in [2.45, 2.75) is 123 Å². The Morgan fingerprint density at radius 3 is 2.15 bits per heavy atom. The Morgan fingerprint density at radius 2 is 1.55 bits per heavy atom. The molecular formula is C31H46NRh-. The topological polar surface area (TPSA) is 3.24 Å². The number of rotatable bonds is 3. The van der Waals surface area contributed by atoms with Crippen LogP contribution in [0.25, 0.3) is 0 Å². The zero-order chi connectivity index (χ0) is 24.1. The molecule has 1 heterocycles. The third kappa shape index (κ3) is 6.17. The largest absolute Gasteiger partial charge is 0.275 e. The van der Waals surface area contributed by atoms with Gasteiger partial charge in [0.15, 0.2) is 0 Å². The number of hydrogen-bond donors (Lipinski definition) is 0. The Kier molecular flexibility index (Phi) is 9.36. The third-order valence-electron chi connectivity index (χ3n) is 7.65. The summed E-state index contributed by atoms with van der Waals surface area (Å²) in [5.41, 5.74) is 5.08. The van der Waals surface area contributed by atoms with Gasteiger partial charge in [-0.25, -0.2) is 12.2 Å². The quantitative estimate of drug-likeness (QED) is 0.276. The summed E-state index contributed by atoms with van der Waals surface area (Å²) in [6.45, 7) is 14.3. The summed E-state index contributed by atoms with van der Waals surface area (Å²) in [6.07, 6.45) is 22.7. The van der Waals surface area contributed by atoms with Gasteiger partial charge >= 0.3 is 165 Å². The van der Waals surface area contributed by atoms with Gasteiger partial charge in [0.1, 0.15) is 0 Å². The van der Waals surface area contributed by atoms with Crippen LogP contribution >= 0.6 is 0 Å². The molecule has 1 aromatic carbocycles. The Bertz CT molecular complexity index is 811. The fourth-order valence-electron chi connectivity index (χ4n) is 6.04. The van der Waals surface area contributed by atoms with Crippen LogP contribution in [0.5, 0.6) is 0 Å². The van der Waals surface area contributed by atoms with Gasteiger partial charge in [0.05, 0.1) is 0 Å². The molecule has 0 amide bonds. The van der Waals surface area contributed by atoms with E-state index in [0.29, 0.717) is 17.3 Å². The summed E-state index contributed by atoms with van der Waals surface area (Å²) < 4.78 is 1.54. The van der Waals surface area contributed by atoms with Crippen molar-refractivity contribution < 1.29 is 17.9 Å². The van der Waals surface area contributed by atoms with Crippen LogP contribution in [-0.4, -0.2) is 9.77 Å². The van der Waals surface area contributed by atoms with E-state index in [4.69, 9.17) is 0 Å². The average molecular weight is 536 g/mol. The second kappa shape index (κ2) is 11.6. The summed E-state index contributed by atoms with van der Waals surface area (Å²) in [5, 5.41) is 0. The zero-order valence-corrected chi connectivity index (χ0v) is 23.6. The van der Waals surface area contributed by atoms with Gasteiger partial charge < -0.3 is 0 Å². The van der Waals surface area contributed by atoms with E-state index < -0.39 is 0 Å².